The predicted octanol–water partition coefficient (Wildman–Crippen LogP) is 4.57. The number of hydrogen-bond donors (Lipinski definition) is 1. The maximum atomic E-state index is 13.1. The Labute approximate surface area is 217 Å². The van der Waals surface area contributed by atoms with E-state index in [0.717, 1.165) is 38.8 Å². The Hall–Kier alpha value is -2.60. The zero-order chi connectivity index (χ0) is 27.1. The number of benzene rings is 2. The summed E-state index contributed by atoms with van der Waals surface area (Å²) in [5.74, 6) is -0.709. The van der Waals surface area contributed by atoms with Crippen molar-refractivity contribution in [2.24, 2.45) is 0 Å². The van der Waals surface area contributed by atoms with Gasteiger partial charge in [-0.05, 0) is 56.2 Å². The van der Waals surface area contributed by atoms with Gasteiger partial charge < -0.3 is 10.2 Å². The summed E-state index contributed by atoms with van der Waals surface area (Å²) in [5, 5.41) is 2.69. The van der Waals surface area contributed by atoms with Gasteiger partial charge in [0.25, 0.3) is 0 Å². The molecule has 7 nitrogen and oxygen atoms in total. The van der Waals surface area contributed by atoms with Crippen LogP contribution < -0.4 is 9.62 Å². The molecule has 0 heterocycles. The van der Waals surface area contributed by atoms with E-state index in [1.807, 2.05) is 24.3 Å². The van der Waals surface area contributed by atoms with Crippen molar-refractivity contribution in [1.82, 2.24) is 10.2 Å². The Morgan fingerprint density at radius 3 is 2.31 bits per heavy atom. The lowest BCUT2D eigenvalue weighted by atomic mass is 10.1. The maximum absolute atomic E-state index is 13.1. The second-order valence-electron chi connectivity index (χ2n) is 8.21. The summed E-state index contributed by atoms with van der Waals surface area (Å²) in [7, 11) is -3.92. The molecule has 0 radical (unpaired) electrons. The molecular weight excluding hydrogens is 563 g/mol. The lowest BCUT2D eigenvalue weighted by Gasteiger charge is -2.29. The zero-order valence-electron chi connectivity index (χ0n) is 20.2. The SMILES string of the molecule is CCNC(=O)C(C)N(Cc1ccc(Br)cc1)C(=O)CCCN(c1cccc(C(F)(F)F)c1)S(C)(=O)=O. The average molecular weight is 592 g/mol. The topological polar surface area (TPSA) is 86.8 Å². The van der Waals surface area contributed by atoms with Crippen LogP contribution in [0.15, 0.2) is 53.0 Å². The number of sulfonamides is 1. The monoisotopic (exact) mass is 591 g/mol. The highest BCUT2D eigenvalue weighted by Gasteiger charge is 2.32. The Kier molecular flexibility index (Phi) is 10.4. The number of rotatable bonds is 11. The molecule has 2 aromatic carbocycles. The summed E-state index contributed by atoms with van der Waals surface area (Å²) in [5.41, 5.74) is -0.312. The van der Waals surface area contributed by atoms with Crippen LogP contribution in [0.3, 0.4) is 0 Å². The molecule has 0 aliphatic heterocycles. The summed E-state index contributed by atoms with van der Waals surface area (Å²) >= 11 is 3.35. The molecule has 0 saturated heterocycles. The molecular formula is C24H29BrF3N3O4S. The molecule has 0 saturated carbocycles. The summed E-state index contributed by atoms with van der Waals surface area (Å²) in [6, 6.07) is 10.5. The fourth-order valence-corrected chi connectivity index (χ4v) is 4.75. The Morgan fingerprint density at radius 1 is 1.11 bits per heavy atom. The molecule has 1 N–H and O–H groups in total. The minimum absolute atomic E-state index is 0.0428. The molecule has 12 heteroatoms. The summed E-state index contributed by atoms with van der Waals surface area (Å²) < 4.78 is 65.7. The van der Waals surface area contributed by atoms with Gasteiger partial charge in [0.1, 0.15) is 6.04 Å². The number of anilines is 1. The Morgan fingerprint density at radius 2 is 1.75 bits per heavy atom. The van der Waals surface area contributed by atoms with Gasteiger partial charge in [0.15, 0.2) is 0 Å². The molecule has 2 rings (SSSR count). The van der Waals surface area contributed by atoms with Gasteiger partial charge in [-0.25, -0.2) is 8.42 Å². The van der Waals surface area contributed by atoms with Gasteiger partial charge in [-0.3, -0.25) is 13.9 Å². The van der Waals surface area contributed by atoms with Crippen LogP contribution in [-0.4, -0.2) is 50.5 Å². The Balaban J connectivity index is 2.19. The first-order valence-electron chi connectivity index (χ1n) is 11.2. The largest absolute Gasteiger partial charge is 0.416 e. The molecule has 2 amide bonds. The van der Waals surface area contributed by atoms with E-state index in [2.05, 4.69) is 21.2 Å². The molecule has 0 aliphatic rings. The Bertz CT molecular complexity index is 1160. The highest BCUT2D eigenvalue weighted by Crippen LogP contribution is 2.32. The highest BCUT2D eigenvalue weighted by atomic mass is 79.9. The van der Waals surface area contributed by atoms with Crippen LogP contribution in [0.25, 0.3) is 0 Å². The lowest BCUT2D eigenvalue weighted by Crippen LogP contribution is -2.47. The van der Waals surface area contributed by atoms with E-state index in [1.54, 1.807) is 13.8 Å². The molecule has 36 heavy (non-hydrogen) atoms. The first-order valence-corrected chi connectivity index (χ1v) is 13.8. The van der Waals surface area contributed by atoms with Gasteiger partial charge in [0, 0.05) is 30.5 Å². The minimum atomic E-state index is -4.63. The standard InChI is InChI=1S/C24H29BrF3N3O4S/c1-4-29-23(33)17(2)30(16-18-10-12-20(25)13-11-18)22(32)9-6-14-31(36(3,34)35)21-8-5-7-19(15-21)24(26,27)28/h5,7-8,10-13,15,17H,4,6,9,14,16H2,1-3H3,(H,29,33). The number of carbonyl (C=O) groups is 2. The van der Waals surface area contributed by atoms with E-state index in [0.29, 0.717) is 6.54 Å². The molecule has 0 fully saturated rings. The second kappa shape index (κ2) is 12.6. The van der Waals surface area contributed by atoms with Crippen LogP contribution >= 0.6 is 15.9 Å². The van der Waals surface area contributed by atoms with Gasteiger partial charge in [-0.2, -0.15) is 13.2 Å². The second-order valence-corrected chi connectivity index (χ2v) is 11.0. The van der Waals surface area contributed by atoms with Crippen LogP contribution in [0.1, 0.15) is 37.8 Å². The average Bonchev–Trinajstić information content (AvgIpc) is 2.79. The van der Waals surface area contributed by atoms with Gasteiger partial charge in [-0.15, -0.1) is 0 Å². The van der Waals surface area contributed by atoms with Crippen LogP contribution in [0.4, 0.5) is 18.9 Å². The molecule has 0 spiro atoms. The van der Waals surface area contributed by atoms with E-state index in [-0.39, 0.29) is 43.4 Å². The third-order valence-corrected chi connectivity index (χ3v) is 7.12. The maximum Gasteiger partial charge on any atom is 0.416 e. The van der Waals surface area contributed by atoms with Crippen LogP contribution in [0, 0.1) is 0 Å². The molecule has 198 valence electrons. The lowest BCUT2D eigenvalue weighted by molar-refractivity contribution is -0.140. The van der Waals surface area contributed by atoms with E-state index < -0.39 is 27.8 Å². The molecule has 1 atom stereocenters. The van der Waals surface area contributed by atoms with E-state index >= 15 is 0 Å². The van der Waals surface area contributed by atoms with Crippen LogP contribution in [0.2, 0.25) is 0 Å². The van der Waals surface area contributed by atoms with E-state index in [9.17, 15) is 31.2 Å². The number of hydrogen-bond acceptors (Lipinski definition) is 4. The third kappa shape index (κ3) is 8.51. The first-order chi connectivity index (χ1) is 16.7. The van der Waals surface area contributed by atoms with Gasteiger partial charge in [0.2, 0.25) is 21.8 Å². The molecule has 2 aromatic rings. The minimum Gasteiger partial charge on any atom is -0.355 e. The number of nitrogens with one attached hydrogen (secondary N) is 1. The zero-order valence-corrected chi connectivity index (χ0v) is 22.6. The van der Waals surface area contributed by atoms with Gasteiger partial charge in [0.05, 0.1) is 17.5 Å². The van der Waals surface area contributed by atoms with Crippen molar-refractivity contribution in [1.29, 1.82) is 0 Å². The fourth-order valence-electron chi connectivity index (χ4n) is 3.53. The van der Waals surface area contributed by atoms with Gasteiger partial charge >= 0.3 is 6.18 Å². The molecule has 0 aliphatic carbocycles. The van der Waals surface area contributed by atoms with Crippen LogP contribution in [-0.2, 0) is 32.3 Å². The van der Waals surface area contributed by atoms with Gasteiger partial charge in [-0.1, -0.05) is 34.1 Å². The summed E-state index contributed by atoms with van der Waals surface area (Å²) in [6.45, 7) is 3.72. The summed E-state index contributed by atoms with van der Waals surface area (Å²) in [6.07, 6.45) is -3.80. The normalized spacial score (nSPS) is 12.6. The number of nitrogens with zero attached hydrogens (tertiary/aromatic N) is 2. The number of carbonyl (C=O) groups excluding carboxylic acids is 2. The number of amides is 2. The first kappa shape index (κ1) is 29.6. The highest BCUT2D eigenvalue weighted by molar-refractivity contribution is 9.10. The van der Waals surface area contributed by atoms with Crippen molar-refractivity contribution < 1.29 is 31.2 Å². The van der Waals surface area contributed by atoms with Crippen molar-refractivity contribution >= 4 is 43.5 Å². The fraction of sp³-hybridized carbons (Fsp3) is 0.417. The van der Waals surface area contributed by atoms with Crippen LogP contribution in [0.5, 0.6) is 0 Å². The summed E-state index contributed by atoms with van der Waals surface area (Å²) in [4.78, 5) is 27.0. The van der Waals surface area contributed by atoms with Crippen molar-refractivity contribution in [3.8, 4) is 0 Å². The van der Waals surface area contributed by atoms with Crippen molar-refractivity contribution in [3.05, 3.63) is 64.1 Å². The number of likely N-dealkylation sites (N-methyl/N-ethyl adjacent to an activating group) is 1. The van der Waals surface area contributed by atoms with Crippen molar-refractivity contribution in [2.45, 2.75) is 45.5 Å². The van der Waals surface area contributed by atoms with E-state index in [4.69, 9.17) is 0 Å². The smallest absolute Gasteiger partial charge is 0.355 e. The molecule has 1 unspecified atom stereocenters. The van der Waals surface area contributed by atoms with Crippen molar-refractivity contribution in [2.75, 3.05) is 23.7 Å². The predicted molar refractivity (Wildman–Crippen MR) is 136 cm³/mol. The third-order valence-electron chi connectivity index (χ3n) is 5.40. The number of halogens is 4. The quantitative estimate of drug-likeness (QED) is 0.415. The molecule has 0 bridgehead atoms. The van der Waals surface area contributed by atoms with E-state index in [1.165, 1.54) is 11.0 Å². The number of alkyl halides is 3. The molecule has 0 aromatic heterocycles. The van der Waals surface area contributed by atoms with Crippen molar-refractivity contribution in [3.63, 3.8) is 0 Å².